The molecule has 0 N–H and O–H groups in total. The van der Waals surface area contributed by atoms with Crippen molar-refractivity contribution in [3.05, 3.63) is 23.8 Å². The van der Waals surface area contributed by atoms with Gasteiger partial charge in [-0.05, 0) is 12.1 Å². The van der Waals surface area contributed by atoms with E-state index in [0.717, 1.165) is 6.07 Å². The van der Waals surface area contributed by atoms with Crippen molar-refractivity contribution in [2.24, 2.45) is 0 Å². The molecule has 0 aliphatic carbocycles. The predicted molar refractivity (Wildman–Crippen MR) is 39.5 cm³/mol. The Bertz CT molecular complexity index is 287. The lowest BCUT2D eigenvalue weighted by Crippen LogP contribution is -1.95. The Morgan fingerprint density at radius 3 is 2.25 bits per heavy atom. The summed E-state index contributed by atoms with van der Waals surface area (Å²) in [6, 6.07) is 2.29. The van der Waals surface area contributed by atoms with Crippen LogP contribution in [0.4, 0.5) is 8.78 Å². The number of hydrogen-bond acceptors (Lipinski definition) is 2. The summed E-state index contributed by atoms with van der Waals surface area (Å²) in [6.07, 6.45) is 0. The van der Waals surface area contributed by atoms with Crippen molar-refractivity contribution >= 4 is 0 Å². The highest BCUT2D eigenvalue weighted by Crippen LogP contribution is 2.30. The monoisotopic (exact) mass is 174 g/mol. The minimum atomic E-state index is -1.03. The molecule has 66 valence electrons. The van der Waals surface area contributed by atoms with Crippen molar-refractivity contribution in [2.75, 3.05) is 14.2 Å². The molecule has 0 atom stereocenters. The van der Waals surface area contributed by atoms with Crippen LogP contribution in [0, 0.1) is 11.6 Å². The largest absolute Gasteiger partial charge is 0.493 e. The Kier molecular flexibility index (Phi) is 2.47. The number of halogens is 2. The summed E-state index contributed by atoms with van der Waals surface area (Å²) in [5.41, 5.74) is 0. The predicted octanol–water partition coefficient (Wildman–Crippen LogP) is 1.98. The minimum absolute atomic E-state index is 0.177. The van der Waals surface area contributed by atoms with Gasteiger partial charge < -0.3 is 9.47 Å². The molecule has 12 heavy (non-hydrogen) atoms. The summed E-state index contributed by atoms with van der Waals surface area (Å²) < 4.78 is 34.8. The molecule has 0 saturated carbocycles. The molecule has 0 aromatic heterocycles. The van der Waals surface area contributed by atoms with Crippen LogP contribution < -0.4 is 9.47 Å². The molecule has 0 amide bonds. The van der Waals surface area contributed by atoms with E-state index >= 15 is 0 Å². The van der Waals surface area contributed by atoms with Crippen LogP contribution in [0.3, 0.4) is 0 Å². The number of hydrogen-bond donors (Lipinski definition) is 0. The molecular weight excluding hydrogens is 166 g/mol. The summed E-state index contributed by atoms with van der Waals surface area (Å²) in [7, 11) is 2.61. The second-order valence-electron chi connectivity index (χ2n) is 2.10. The third-order valence-corrected chi connectivity index (χ3v) is 1.44. The van der Waals surface area contributed by atoms with Crippen molar-refractivity contribution in [3.63, 3.8) is 0 Å². The van der Waals surface area contributed by atoms with Gasteiger partial charge in [-0.15, -0.1) is 0 Å². The van der Waals surface area contributed by atoms with Crippen LogP contribution in [-0.2, 0) is 0 Å². The van der Waals surface area contributed by atoms with Crippen molar-refractivity contribution < 1.29 is 18.3 Å². The van der Waals surface area contributed by atoms with Gasteiger partial charge in [0.25, 0.3) is 0 Å². The number of benzene rings is 1. The van der Waals surface area contributed by atoms with Gasteiger partial charge in [0.1, 0.15) is 0 Å². The molecule has 0 unspecified atom stereocenters. The van der Waals surface area contributed by atoms with Gasteiger partial charge in [0, 0.05) is 0 Å². The normalized spacial score (nSPS) is 9.67. The van der Waals surface area contributed by atoms with Crippen LogP contribution in [0.1, 0.15) is 0 Å². The van der Waals surface area contributed by atoms with Crippen molar-refractivity contribution in [3.8, 4) is 11.5 Å². The van der Waals surface area contributed by atoms with Gasteiger partial charge in [0.15, 0.2) is 17.3 Å². The van der Waals surface area contributed by atoms with Gasteiger partial charge in [-0.1, -0.05) is 0 Å². The Morgan fingerprint density at radius 2 is 1.75 bits per heavy atom. The first kappa shape index (κ1) is 8.77. The van der Waals surface area contributed by atoms with Gasteiger partial charge in [0.2, 0.25) is 5.82 Å². The number of methoxy groups -OCH3 is 2. The Morgan fingerprint density at radius 1 is 1.08 bits per heavy atom. The Labute approximate surface area is 68.7 Å². The maximum atomic E-state index is 12.9. The second kappa shape index (κ2) is 3.38. The molecule has 0 heterocycles. The molecule has 1 aromatic carbocycles. The highest BCUT2D eigenvalue weighted by atomic mass is 19.2. The summed E-state index contributed by atoms with van der Waals surface area (Å²) in [5.74, 6) is -2.02. The maximum Gasteiger partial charge on any atom is 0.204 e. The standard InChI is InChI=1S/C8H8F2O2/c1-11-6-4-3-5(9)7(10)8(6)12-2/h3-4H,1-2H3. The van der Waals surface area contributed by atoms with Crippen molar-refractivity contribution in [2.45, 2.75) is 0 Å². The lowest BCUT2D eigenvalue weighted by molar-refractivity contribution is 0.328. The molecule has 2 nitrogen and oxygen atoms in total. The zero-order valence-corrected chi connectivity index (χ0v) is 6.73. The molecule has 1 rings (SSSR count). The van der Waals surface area contributed by atoms with Crippen LogP contribution >= 0.6 is 0 Å². The van der Waals surface area contributed by atoms with Crippen LogP contribution in [-0.4, -0.2) is 14.2 Å². The lowest BCUT2D eigenvalue weighted by Gasteiger charge is -2.07. The number of rotatable bonds is 2. The van der Waals surface area contributed by atoms with Crippen molar-refractivity contribution in [1.82, 2.24) is 0 Å². The molecule has 0 fully saturated rings. The second-order valence-corrected chi connectivity index (χ2v) is 2.10. The highest BCUT2D eigenvalue weighted by Gasteiger charge is 2.13. The first-order chi connectivity index (χ1) is 5.70. The average Bonchev–Trinajstić information content (AvgIpc) is 2.09. The molecule has 1 aromatic rings. The summed E-state index contributed by atoms with van der Waals surface area (Å²) in [5, 5.41) is 0. The third-order valence-electron chi connectivity index (χ3n) is 1.44. The molecule has 4 heteroatoms. The SMILES string of the molecule is COc1ccc(F)c(F)c1OC. The van der Waals surface area contributed by atoms with Crippen LogP contribution in [0.15, 0.2) is 12.1 Å². The molecule has 0 aliphatic heterocycles. The van der Waals surface area contributed by atoms with Gasteiger partial charge in [-0.25, -0.2) is 4.39 Å². The fraction of sp³-hybridized carbons (Fsp3) is 0.250. The average molecular weight is 174 g/mol. The first-order valence-electron chi connectivity index (χ1n) is 3.26. The third kappa shape index (κ3) is 1.32. The zero-order valence-electron chi connectivity index (χ0n) is 6.73. The van der Waals surface area contributed by atoms with Gasteiger partial charge in [-0.2, -0.15) is 4.39 Å². The lowest BCUT2D eigenvalue weighted by atomic mass is 10.3. The topological polar surface area (TPSA) is 18.5 Å². The first-order valence-corrected chi connectivity index (χ1v) is 3.26. The number of ether oxygens (including phenoxy) is 2. The molecule has 0 aliphatic rings. The quantitative estimate of drug-likeness (QED) is 0.682. The van der Waals surface area contributed by atoms with Crippen LogP contribution in [0.25, 0.3) is 0 Å². The van der Waals surface area contributed by atoms with Crippen molar-refractivity contribution in [1.29, 1.82) is 0 Å². The van der Waals surface area contributed by atoms with E-state index in [2.05, 4.69) is 4.74 Å². The minimum Gasteiger partial charge on any atom is -0.493 e. The highest BCUT2D eigenvalue weighted by molar-refractivity contribution is 5.41. The zero-order chi connectivity index (χ0) is 9.14. The summed E-state index contributed by atoms with van der Waals surface area (Å²) >= 11 is 0. The van der Waals surface area contributed by atoms with Crippen LogP contribution in [0.2, 0.25) is 0 Å². The van der Waals surface area contributed by atoms with E-state index in [9.17, 15) is 8.78 Å². The van der Waals surface area contributed by atoms with Crippen LogP contribution in [0.5, 0.6) is 11.5 Å². The van der Waals surface area contributed by atoms with E-state index in [0.29, 0.717) is 0 Å². The van der Waals surface area contributed by atoms with E-state index in [-0.39, 0.29) is 11.5 Å². The summed E-state index contributed by atoms with van der Waals surface area (Å²) in [6.45, 7) is 0. The molecule has 0 spiro atoms. The van der Waals surface area contributed by atoms with E-state index in [1.807, 2.05) is 0 Å². The fourth-order valence-corrected chi connectivity index (χ4v) is 0.865. The van der Waals surface area contributed by atoms with E-state index < -0.39 is 11.6 Å². The smallest absolute Gasteiger partial charge is 0.204 e. The Balaban J connectivity index is 3.25. The summed E-state index contributed by atoms with van der Waals surface area (Å²) in [4.78, 5) is 0. The van der Waals surface area contributed by atoms with Gasteiger partial charge in [-0.3, -0.25) is 0 Å². The Hall–Kier alpha value is -1.32. The maximum absolute atomic E-state index is 12.9. The molecule has 0 radical (unpaired) electrons. The van der Waals surface area contributed by atoms with E-state index in [1.54, 1.807) is 0 Å². The van der Waals surface area contributed by atoms with E-state index in [4.69, 9.17) is 4.74 Å². The fourth-order valence-electron chi connectivity index (χ4n) is 0.865. The molecular formula is C8H8F2O2. The van der Waals surface area contributed by atoms with Gasteiger partial charge in [0.05, 0.1) is 14.2 Å². The van der Waals surface area contributed by atoms with E-state index in [1.165, 1.54) is 20.3 Å². The van der Waals surface area contributed by atoms with Gasteiger partial charge >= 0.3 is 0 Å². The molecule has 0 bridgehead atoms. The molecule has 0 saturated heterocycles.